The summed E-state index contributed by atoms with van der Waals surface area (Å²) in [5.74, 6) is -2.44. The van der Waals surface area contributed by atoms with Gasteiger partial charge in [-0.1, -0.05) is 89.1 Å². The summed E-state index contributed by atoms with van der Waals surface area (Å²) in [6.07, 6.45) is 14.1. The maximum absolute atomic E-state index is 14.5. The maximum Gasteiger partial charge on any atom is 0.276 e. The van der Waals surface area contributed by atoms with Crippen LogP contribution in [0.4, 0.5) is 13.2 Å². The van der Waals surface area contributed by atoms with E-state index >= 15 is 0 Å². The molecule has 1 fully saturated rings. The number of alkyl halides is 2. The van der Waals surface area contributed by atoms with Crippen molar-refractivity contribution in [1.82, 2.24) is 0 Å². The second kappa shape index (κ2) is 12.6. The van der Waals surface area contributed by atoms with Crippen molar-refractivity contribution in [2.24, 2.45) is 5.92 Å². The molecule has 0 aliphatic heterocycles. The Morgan fingerprint density at radius 1 is 0.758 bits per heavy atom. The van der Waals surface area contributed by atoms with Crippen LogP contribution in [-0.4, -0.2) is 0 Å². The van der Waals surface area contributed by atoms with E-state index in [0.29, 0.717) is 24.3 Å². The van der Waals surface area contributed by atoms with Gasteiger partial charge in [-0.2, -0.15) is 0 Å². The van der Waals surface area contributed by atoms with Crippen LogP contribution in [-0.2, 0) is 5.92 Å². The first-order chi connectivity index (χ1) is 15.9. The molecule has 0 unspecified atom stereocenters. The monoisotopic (exact) mass is 458 g/mol. The summed E-state index contributed by atoms with van der Waals surface area (Å²) in [5.41, 5.74) is 2.39. The van der Waals surface area contributed by atoms with Crippen molar-refractivity contribution < 1.29 is 13.2 Å². The molecule has 0 heterocycles. The van der Waals surface area contributed by atoms with Gasteiger partial charge in [-0.3, -0.25) is 0 Å². The molecular formula is C30H41F3. The fourth-order valence-electron chi connectivity index (χ4n) is 5.29. The molecule has 0 N–H and O–H groups in total. The van der Waals surface area contributed by atoms with Crippen molar-refractivity contribution in [3.63, 3.8) is 0 Å². The Bertz CT molecular complexity index is 832. The van der Waals surface area contributed by atoms with Crippen LogP contribution >= 0.6 is 0 Å². The van der Waals surface area contributed by atoms with Crippen LogP contribution < -0.4 is 0 Å². The van der Waals surface area contributed by atoms with E-state index in [-0.39, 0.29) is 6.42 Å². The first-order valence-corrected chi connectivity index (χ1v) is 13.2. The molecule has 1 aliphatic carbocycles. The van der Waals surface area contributed by atoms with Crippen LogP contribution in [0.25, 0.3) is 11.1 Å². The van der Waals surface area contributed by atoms with Gasteiger partial charge in [0.25, 0.3) is 5.92 Å². The Hall–Kier alpha value is -1.77. The fourth-order valence-corrected chi connectivity index (χ4v) is 5.29. The minimum atomic E-state index is -3.11. The highest BCUT2D eigenvalue weighted by molar-refractivity contribution is 5.64. The zero-order valence-electron chi connectivity index (χ0n) is 20.5. The molecule has 1 saturated carbocycles. The van der Waals surface area contributed by atoms with Crippen molar-refractivity contribution in [2.45, 2.75) is 109 Å². The Kier molecular flexibility index (Phi) is 9.89. The Morgan fingerprint density at radius 3 is 2.03 bits per heavy atom. The quantitative estimate of drug-likeness (QED) is 0.277. The summed E-state index contributed by atoms with van der Waals surface area (Å²) in [5, 5.41) is 0. The van der Waals surface area contributed by atoms with Gasteiger partial charge in [0.2, 0.25) is 0 Å². The minimum absolute atomic E-state index is 0.310. The van der Waals surface area contributed by atoms with E-state index < -0.39 is 17.3 Å². The standard InChI is InChI=1S/C30H41F3/c1-3-5-7-8-9-10-23-11-13-24(14-12-23)25-15-17-26(18-16-25)27-19-20-28(29(31)22-27)30(32,33)21-6-4-2/h15-20,22-24H,3-14,21H2,1-2H3. The van der Waals surface area contributed by atoms with Crippen LogP contribution in [0.1, 0.15) is 114 Å². The maximum atomic E-state index is 14.5. The third-order valence-corrected chi connectivity index (χ3v) is 7.49. The largest absolute Gasteiger partial charge is 0.276 e. The highest BCUT2D eigenvalue weighted by atomic mass is 19.3. The highest BCUT2D eigenvalue weighted by Gasteiger charge is 2.33. The number of unbranched alkanes of at least 4 members (excludes halogenated alkanes) is 5. The first kappa shape index (κ1) is 25.8. The summed E-state index contributed by atoms with van der Waals surface area (Å²) >= 11 is 0. The molecule has 3 heteroatoms. The van der Waals surface area contributed by atoms with Crippen molar-refractivity contribution in [2.75, 3.05) is 0 Å². The Morgan fingerprint density at radius 2 is 1.39 bits per heavy atom. The number of hydrogen-bond acceptors (Lipinski definition) is 0. The van der Waals surface area contributed by atoms with Crippen LogP contribution in [0.5, 0.6) is 0 Å². The van der Waals surface area contributed by atoms with Gasteiger partial charge >= 0.3 is 0 Å². The van der Waals surface area contributed by atoms with E-state index in [0.717, 1.165) is 11.5 Å². The van der Waals surface area contributed by atoms with Gasteiger partial charge in [-0.15, -0.1) is 0 Å². The van der Waals surface area contributed by atoms with Crippen molar-refractivity contribution in [1.29, 1.82) is 0 Å². The number of hydrogen-bond donors (Lipinski definition) is 0. The fraction of sp³-hybridized carbons (Fsp3) is 0.600. The number of benzene rings is 2. The topological polar surface area (TPSA) is 0 Å². The third kappa shape index (κ3) is 7.36. The lowest BCUT2D eigenvalue weighted by Crippen LogP contribution is -2.15. The normalized spacial score (nSPS) is 19.1. The predicted octanol–water partition coefficient (Wildman–Crippen LogP) is 10.4. The molecule has 0 amide bonds. The molecule has 0 aromatic heterocycles. The number of halogens is 3. The summed E-state index contributed by atoms with van der Waals surface area (Å²) in [6.45, 7) is 4.12. The Balaban J connectivity index is 1.55. The molecule has 0 bridgehead atoms. The van der Waals surface area contributed by atoms with E-state index in [9.17, 15) is 13.2 Å². The van der Waals surface area contributed by atoms with Gasteiger partial charge in [0.1, 0.15) is 5.82 Å². The summed E-state index contributed by atoms with van der Waals surface area (Å²) in [6, 6.07) is 12.5. The lowest BCUT2D eigenvalue weighted by atomic mass is 9.77. The number of rotatable bonds is 12. The van der Waals surface area contributed by atoms with Crippen LogP contribution in [0.2, 0.25) is 0 Å². The van der Waals surface area contributed by atoms with Crippen molar-refractivity contribution >= 4 is 0 Å². The van der Waals surface area contributed by atoms with Gasteiger partial charge in [0.15, 0.2) is 0 Å². The molecule has 0 saturated heterocycles. The lowest BCUT2D eigenvalue weighted by molar-refractivity contribution is -0.0187. The average Bonchev–Trinajstić information content (AvgIpc) is 2.83. The molecule has 33 heavy (non-hydrogen) atoms. The van der Waals surface area contributed by atoms with Gasteiger partial charge in [-0.25, -0.2) is 13.2 Å². The van der Waals surface area contributed by atoms with E-state index in [1.165, 1.54) is 81.9 Å². The molecule has 0 nitrogen and oxygen atoms in total. The summed E-state index contributed by atoms with van der Waals surface area (Å²) < 4.78 is 43.1. The molecule has 0 atom stereocenters. The summed E-state index contributed by atoms with van der Waals surface area (Å²) in [7, 11) is 0. The van der Waals surface area contributed by atoms with Crippen molar-refractivity contribution in [3.8, 4) is 11.1 Å². The summed E-state index contributed by atoms with van der Waals surface area (Å²) in [4.78, 5) is 0. The zero-order valence-corrected chi connectivity index (χ0v) is 20.5. The smallest absolute Gasteiger partial charge is 0.206 e. The molecule has 0 radical (unpaired) electrons. The van der Waals surface area contributed by atoms with Crippen LogP contribution in [0.15, 0.2) is 42.5 Å². The zero-order chi connectivity index (χ0) is 23.7. The SMILES string of the molecule is CCCCCCCC1CCC(c2ccc(-c3ccc(C(F)(F)CCCC)c(F)c3)cc2)CC1. The van der Waals surface area contributed by atoms with Crippen LogP contribution in [0, 0.1) is 11.7 Å². The van der Waals surface area contributed by atoms with Crippen molar-refractivity contribution in [3.05, 3.63) is 59.4 Å². The molecular weight excluding hydrogens is 417 g/mol. The average molecular weight is 459 g/mol. The van der Waals surface area contributed by atoms with E-state index in [1.54, 1.807) is 6.07 Å². The van der Waals surface area contributed by atoms with Gasteiger partial charge in [0, 0.05) is 6.42 Å². The molecule has 1 aliphatic rings. The van der Waals surface area contributed by atoms with Gasteiger partial charge in [-0.05, 0) is 72.8 Å². The second-order valence-electron chi connectivity index (χ2n) is 10.0. The molecule has 3 rings (SSSR count). The first-order valence-electron chi connectivity index (χ1n) is 13.2. The Labute approximate surface area is 199 Å². The molecule has 2 aromatic rings. The molecule has 0 spiro atoms. The van der Waals surface area contributed by atoms with Gasteiger partial charge in [0.05, 0.1) is 5.56 Å². The molecule has 182 valence electrons. The highest BCUT2D eigenvalue weighted by Crippen LogP contribution is 2.39. The third-order valence-electron chi connectivity index (χ3n) is 7.49. The van der Waals surface area contributed by atoms with Gasteiger partial charge < -0.3 is 0 Å². The minimum Gasteiger partial charge on any atom is -0.206 e. The van der Waals surface area contributed by atoms with Crippen LogP contribution in [0.3, 0.4) is 0 Å². The van der Waals surface area contributed by atoms with E-state index in [2.05, 4.69) is 19.1 Å². The van der Waals surface area contributed by atoms with E-state index in [1.807, 2.05) is 19.1 Å². The predicted molar refractivity (Wildman–Crippen MR) is 133 cm³/mol. The lowest BCUT2D eigenvalue weighted by Gasteiger charge is -2.29. The van der Waals surface area contributed by atoms with E-state index in [4.69, 9.17) is 0 Å². The second-order valence-corrected chi connectivity index (χ2v) is 10.0. The molecule has 2 aromatic carbocycles.